The first-order valence-corrected chi connectivity index (χ1v) is 6.22. The third-order valence-corrected chi connectivity index (χ3v) is 4.85. The molecule has 2 fully saturated rings. The van der Waals surface area contributed by atoms with E-state index in [1.165, 1.54) is 0 Å². The zero-order valence-corrected chi connectivity index (χ0v) is 11.0. The fraction of sp³-hybridized carbons (Fsp3) is 0.846. The molecule has 0 spiro atoms. The topological polar surface area (TPSA) is 52.6 Å². The molecule has 1 saturated heterocycles. The van der Waals surface area contributed by atoms with E-state index in [4.69, 9.17) is 9.47 Å². The molecule has 0 aromatic carbocycles. The molecule has 0 aromatic rings. The molecule has 1 aliphatic heterocycles. The van der Waals surface area contributed by atoms with Crippen molar-refractivity contribution in [2.75, 3.05) is 6.61 Å². The van der Waals surface area contributed by atoms with Crippen molar-refractivity contribution in [2.45, 2.75) is 52.6 Å². The van der Waals surface area contributed by atoms with E-state index in [2.05, 4.69) is 0 Å². The Morgan fingerprint density at radius 2 is 2.00 bits per heavy atom. The molecule has 96 valence electrons. The van der Waals surface area contributed by atoms with E-state index in [0.29, 0.717) is 19.4 Å². The van der Waals surface area contributed by atoms with Crippen LogP contribution in [0, 0.1) is 10.8 Å². The number of carbonyl (C=O) groups is 2. The number of fused-ring (bicyclic) bond motifs is 2. The van der Waals surface area contributed by atoms with Crippen molar-refractivity contribution < 1.29 is 19.1 Å². The molecule has 1 heterocycles. The van der Waals surface area contributed by atoms with E-state index >= 15 is 0 Å². The van der Waals surface area contributed by atoms with Crippen LogP contribution in [0.1, 0.15) is 47.0 Å². The molecular weight excluding hydrogens is 220 g/mol. The maximum Gasteiger partial charge on any atom is 0.351 e. The van der Waals surface area contributed by atoms with Gasteiger partial charge in [-0.3, -0.25) is 4.79 Å². The summed E-state index contributed by atoms with van der Waals surface area (Å²) in [4.78, 5) is 24.1. The molecule has 0 radical (unpaired) electrons. The first kappa shape index (κ1) is 12.4. The summed E-state index contributed by atoms with van der Waals surface area (Å²) in [5.41, 5.74) is -2.12. The van der Waals surface area contributed by atoms with E-state index < -0.39 is 16.4 Å². The zero-order valence-electron chi connectivity index (χ0n) is 11.0. The van der Waals surface area contributed by atoms with Gasteiger partial charge in [0.2, 0.25) is 5.60 Å². The number of carbonyl (C=O) groups excluding carboxylic acids is 2. The molecule has 1 aliphatic carbocycles. The van der Waals surface area contributed by atoms with Crippen molar-refractivity contribution >= 4 is 11.9 Å². The Bertz CT molecular complexity index is 374. The molecule has 4 heteroatoms. The van der Waals surface area contributed by atoms with Gasteiger partial charge < -0.3 is 9.47 Å². The highest BCUT2D eigenvalue weighted by Gasteiger charge is 2.76. The molecule has 0 N–H and O–H groups in total. The predicted molar refractivity (Wildman–Crippen MR) is 61.2 cm³/mol. The van der Waals surface area contributed by atoms with Crippen molar-refractivity contribution in [3.63, 3.8) is 0 Å². The van der Waals surface area contributed by atoms with Crippen LogP contribution in [0.15, 0.2) is 0 Å². The highest BCUT2D eigenvalue weighted by molar-refractivity contribution is 5.93. The SMILES string of the molecule is CCCOC(=O)C12CCC(C)(C(=O)O1)C2(C)C. The van der Waals surface area contributed by atoms with Crippen molar-refractivity contribution in [1.82, 2.24) is 0 Å². The van der Waals surface area contributed by atoms with Gasteiger partial charge in [0.1, 0.15) is 0 Å². The van der Waals surface area contributed by atoms with Gasteiger partial charge in [-0.25, -0.2) is 4.79 Å². The Balaban J connectivity index is 2.33. The van der Waals surface area contributed by atoms with Gasteiger partial charge in [-0.05, 0) is 26.2 Å². The highest BCUT2D eigenvalue weighted by Crippen LogP contribution is 2.65. The summed E-state index contributed by atoms with van der Waals surface area (Å²) in [5, 5.41) is 0. The van der Waals surface area contributed by atoms with Crippen LogP contribution >= 0.6 is 0 Å². The average Bonchev–Trinajstić information content (AvgIpc) is 2.56. The summed E-state index contributed by atoms with van der Waals surface area (Å²) in [6, 6.07) is 0. The Kier molecular flexibility index (Phi) is 2.53. The van der Waals surface area contributed by atoms with Crippen LogP contribution in [-0.4, -0.2) is 24.1 Å². The summed E-state index contributed by atoms with van der Waals surface area (Å²) >= 11 is 0. The second-order valence-electron chi connectivity index (χ2n) is 5.81. The summed E-state index contributed by atoms with van der Waals surface area (Å²) in [6.07, 6.45) is 2.04. The Morgan fingerprint density at radius 3 is 2.41 bits per heavy atom. The number of esters is 2. The molecule has 2 aliphatic rings. The number of ether oxygens (including phenoxy) is 2. The Labute approximate surface area is 102 Å². The van der Waals surface area contributed by atoms with Gasteiger partial charge in [0.05, 0.1) is 12.0 Å². The van der Waals surface area contributed by atoms with Crippen LogP contribution in [0.4, 0.5) is 0 Å². The minimum atomic E-state index is -1.06. The van der Waals surface area contributed by atoms with Crippen LogP contribution in [0.25, 0.3) is 0 Å². The van der Waals surface area contributed by atoms with E-state index in [9.17, 15) is 9.59 Å². The van der Waals surface area contributed by atoms with Gasteiger partial charge in [0.15, 0.2) is 0 Å². The molecule has 2 bridgehead atoms. The van der Waals surface area contributed by atoms with E-state index in [1.54, 1.807) is 0 Å². The fourth-order valence-corrected chi connectivity index (χ4v) is 3.01. The standard InChI is InChI=1S/C13H20O4/c1-5-8-16-10(15)13-7-6-12(4,9(14)17-13)11(13,2)3/h5-8H2,1-4H3. The minimum absolute atomic E-state index is 0.262. The highest BCUT2D eigenvalue weighted by atomic mass is 16.6. The lowest BCUT2D eigenvalue weighted by Gasteiger charge is -2.34. The number of hydrogen-bond donors (Lipinski definition) is 0. The van der Waals surface area contributed by atoms with Crippen LogP contribution in [0.5, 0.6) is 0 Å². The minimum Gasteiger partial charge on any atom is -0.463 e. The summed E-state index contributed by atoms with van der Waals surface area (Å²) in [6.45, 7) is 8.06. The largest absolute Gasteiger partial charge is 0.463 e. The Hall–Kier alpha value is -1.06. The van der Waals surface area contributed by atoms with Crippen LogP contribution < -0.4 is 0 Å². The van der Waals surface area contributed by atoms with Crippen molar-refractivity contribution in [1.29, 1.82) is 0 Å². The van der Waals surface area contributed by atoms with Gasteiger partial charge >= 0.3 is 11.9 Å². The van der Waals surface area contributed by atoms with Gasteiger partial charge in [0.25, 0.3) is 0 Å². The zero-order chi connectivity index (χ0) is 12.9. The Morgan fingerprint density at radius 1 is 1.35 bits per heavy atom. The van der Waals surface area contributed by atoms with Crippen LogP contribution in [0.3, 0.4) is 0 Å². The average molecular weight is 240 g/mol. The maximum absolute atomic E-state index is 12.2. The monoisotopic (exact) mass is 240 g/mol. The fourth-order valence-electron chi connectivity index (χ4n) is 3.01. The van der Waals surface area contributed by atoms with E-state index in [-0.39, 0.29) is 11.9 Å². The predicted octanol–water partition coefficient (Wildman–Crippen LogP) is 2.06. The second kappa shape index (κ2) is 3.47. The van der Waals surface area contributed by atoms with Crippen molar-refractivity contribution in [2.24, 2.45) is 10.8 Å². The quantitative estimate of drug-likeness (QED) is 0.708. The summed E-state index contributed by atoms with van der Waals surface area (Å²) < 4.78 is 10.6. The van der Waals surface area contributed by atoms with Crippen LogP contribution in [-0.2, 0) is 19.1 Å². The van der Waals surface area contributed by atoms with Gasteiger partial charge in [-0.1, -0.05) is 20.8 Å². The summed E-state index contributed by atoms with van der Waals surface area (Å²) in [7, 11) is 0. The molecular formula is C13H20O4. The second-order valence-corrected chi connectivity index (χ2v) is 5.81. The molecule has 1 saturated carbocycles. The molecule has 17 heavy (non-hydrogen) atoms. The molecule has 2 rings (SSSR count). The van der Waals surface area contributed by atoms with Gasteiger partial charge in [0, 0.05) is 5.41 Å². The third kappa shape index (κ3) is 1.24. The molecule has 2 atom stereocenters. The van der Waals surface area contributed by atoms with Gasteiger partial charge in [-0.2, -0.15) is 0 Å². The molecule has 2 unspecified atom stereocenters. The lowest BCUT2D eigenvalue weighted by Crippen LogP contribution is -2.48. The first-order valence-electron chi connectivity index (χ1n) is 6.22. The molecule has 0 amide bonds. The molecule has 4 nitrogen and oxygen atoms in total. The van der Waals surface area contributed by atoms with E-state index in [0.717, 1.165) is 6.42 Å². The molecule has 0 aromatic heterocycles. The third-order valence-electron chi connectivity index (χ3n) is 4.85. The van der Waals surface area contributed by atoms with Crippen molar-refractivity contribution in [3.05, 3.63) is 0 Å². The first-order chi connectivity index (χ1) is 7.82. The maximum atomic E-state index is 12.2. The number of hydrogen-bond acceptors (Lipinski definition) is 4. The summed E-state index contributed by atoms with van der Waals surface area (Å²) in [5.74, 6) is -0.638. The van der Waals surface area contributed by atoms with Gasteiger partial charge in [-0.15, -0.1) is 0 Å². The lowest BCUT2D eigenvalue weighted by atomic mass is 9.66. The van der Waals surface area contributed by atoms with E-state index in [1.807, 2.05) is 27.7 Å². The normalized spacial score (nSPS) is 38.0. The van der Waals surface area contributed by atoms with Crippen LogP contribution in [0.2, 0.25) is 0 Å². The van der Waals surface area contributed by atoms with Crippen molar-refractivity contribution in [3.8, 4) is 0 Å². The number of rotatable bonds is 3. The lowest BCUT2D eigenvalue weighted by molar-refractivity contribution is -0.183. The smallest absolute Gasteiger partial charge is 0.351 e.